The topological polar surface area (TPSA) is 35.8 Å². The molecule has 102 valence electrons. The van der Waals surface area contributed by atoms with Crippen LogP contribution >= 0.6 is 0 Å². The minimum atomic E-state index is -0.220. The van der Waals surface area contributed by atoms with Crippen LogP contribution in [-0.4, -0.2) is 0 Å². The molecule has 0 aliphatic carbocycles. The van der Waals surface area contributed by atoms with E-state index in [2.05, 4.69) is 18.3 Å². The van der Waals surface area contributed by atoms with Crippen molar-refractivity contribution in [3.8, 4) is 6.07 Å². The van der Waals surface area contributed by atoms with Crippen LogP contribution in [0.3, 0.4) is 0 Å². The summed E-state index contributed by atoms with van der Waals surface area (Å²) in [5, 5.41) is 12.2. The Bertz CT molecular complexity index is 614. The van der Waals surface area contributed by atoms with Crippen LogP contribution in [-0.2, 0) is 0 Å². The first-order chi connectivity index (χ1) is 9.60. The van der Waals surface area contributed by atoms with Crippen LogP contribution in [0.25, 0.3) is 0 Å². The number of rotatable bonds is 4. The maximum atomic E-state index is 13.2. The van der Waals surface area contributed by atoms with Crippen LogP contribution < -0.4 is 5.32 Å². The van der Waals surface area contributed by atoms with E-state index in [4.69, 9.17) is 5.26 Å². The van der Waals surface area contributed by atoms with Crippen molar-refractivity contribution >= 4 is 0 Å². The standard InChI is InChI=1S/C17H17FN2/c1-12(15-8-6-14(11-19)7-9-15)20-13(2)16-4-3-5-17(18)10-16/h3-10,12-13,20H,1-2H3/t12?,13-/m0/s1. The molecule has 0 fully saturated rings. The number of hydrogen-bond donors (Lipinski definition) is 1. The van der Waals surface area contributed by atoms with Crippen LogP contribution in [0.15, 0.2) is 48.5 Å². The Kier molecular flexibility index (Phi) is 4.49. The predicted octanol–water partition coefficient (Wildman–Crippen LogP) is 4.11. The number of benzene rings is 2. The van der Waals surface area contributed by atoms with E-state index in [1.165, 1.54) is 6.07 Å². The van der Waals surface area contributed by atoms with Gasteiger partial charge in [0.15, 0.2) is 0 Å². The van der Waals surface area contributed by atoms with Gasteiger partial charge in [-0.3, -0.25) is 0 Å². The maximum absolute atomic E-state index is 13.2. The summed E-state index contributed by atoms with van der Waals surface area (Å²) in [6.45, 7) is 4.06. The number of nitrogens with zero attached hydrogens (tertiary/aromatic N) is 1. The lowest BCUT2D eigenvalue weighted by Crippen LogP contribution is -2.22. The third kappa shape index (κ3) is 3.43. The molecule has 0 aliphatic rings. The van der Waals surface area contributed by atoms with E-state index >= 15 is 0 Å². The van der Waals surface area contributed by atoms with Crippen LogP contribution in [0.5, 0.6) is 0 Å². The fourth-order valence-electron chi connectivity index (χ4n) is 2.19. The summed E-state index contributed by atoms with van der Waals surface area (Å²) in [4.78, 5) is 0. The van der Waals surface area contributed by atoms with Gasteiger partial charge in [-0.15, -0.1) is 0 Å². The lowest BCUT2D eigenvalue weighted by Gasteiger charge is -2.21. The monoisotopic (exact) mass is 268 g/mol. The Labute approximate surface area is 118 Å². The zero-order valence-corrected chi connectivity index (χ0v) is 11.6. The van der Waals surface area contributed by atoms with Gasteiger partial charge in [-0.25, -0.2) is 4.39 Å². The molecule has 2 aromatic rings. The molecule has 1 unspecified atom stereocenters. The molecule has 2 nitrogen and oxygen atoms in total. The van der Waals surface area contributed by atoms with Gasteiger partial charge in [0, 0.05) is 12.1 Å². The molecular weight excluding hydrogens is 251 g/mol. The number of hydrogen-bond acceptors (Lipinski definition) is 2. The minimum Gasteiger partial charge on any atom is -0.304 e. The van der Waals surface area contributed by atoms with Crippen molar-refractivity contribution in [1.29, 1.82) is 5.26 Å². The van der Waals surface area contributed by atoms with Gasteiger partial charge >= 0.3 is 0 Å². The second-order valence-electron chi connectivity index (χ2n) is 4.90. The molecule has 0 radical (unpaired) electrons. The second kappa shape index (κ2) is 6.31. The summed E-state index contributed by atoms with van der Waals surface area (Å²) >= 11 is 0. The van der Waals surface area contributed by atoms with Gasteiger partial charge in [0.05, 0.1) is 11.6 Å². The third-order valence-corrected chi connectivity index (χ3v) is 3.39. The van der Waals surface area contributed by atoms with Crippen molar-refractivity contribution in [1.82, 2.24) is 5.32 Å². The normalized spacial score (nSPS) is 13.5. The van der Waals surface area contributed by atoms with E-state index in [1.54, 1.807) is 24.3 Å². The van der Waals surface area contributed by atoms with E-state index < -0.39 is 0 Å². The predicted molar refractivity (Wildman–Crippen MR) is 77.5 cm³/mol. The summed E-state index contributed by atoms with van der Waals surface area (Å²) in [5.41, 5.74) is 2.68. The summed E-state index contributed by atoms with van der Waals surface area (Å²) < 4.78 is 13.2. The van der Waals surface area contributed by atoms with E-state index in [9.17, 15) is 4.39 Å². The van der Waals surface area contributed by atoms with Gasteiger partial charge in [-0.1, -0.05) is 24.3 Å². The molecule has 2 atom stereocenters. The highest BCUT2D eigenvalue weighted by Crippen LogP contribution is 2.20. The second-order valence-corrected chi connectivity index (χ2v) is 4.90. The van der Waals surface area contributed by atoms with Crippen molar-refractivity contribution in [3.63, 3.8) is 0 Å². The Morgan fingerprint density at radius 3 is 2.25 bits per heavy atom. The average molecular weight is 268 g/mol. The Morgan fingerprint density at radius 2 is 1.65 bits per heavy atom. The maximum Gasteiger partial charge on any atom is 0.123 e. The first kappa shape index (κ1) is 14.2. The largest absolute Gasteiger partial charge is 0.304 e. The fourth-order valence-corrected chi connectivity index (χ4v) is 2.19. The molecule has 0 saturated carbocycles. The smallest absolute Gasteiger partial charge is 0.123 e. The van der Waals surface area contributed by atoms with Gasteiger partial charge in [-0.05, 0) is 49.2 Å². The summed E-state index contributed by atoms with van der Waals surface area (Å²) in [7, 11) is 0. The number of halogens is 1. The van der Waals surface area contributed by atoms with Crippen LogP contribution in [0.4, 0.5) is 4.39 Å². The molecule has 0 heterocycles. The van der Waals surface area contributed by atoms with E-state index in [0.717, 1.165) is 11.1 Å². The zero-order valence-electron chi connectivity index (χ0n) is 11.6. The Hall–Kier alpha value is -2.18. The van der Waals surface area contributed by atoms with Crippen molar-refractivity contribution < 1.29 is 4.39 Å². The lowest BCUT2D eigenvalue weighted by atomic mass is 10.0. The Balaban J connectivity index is 2.06. The van der Waals surface area contributed by atoms with Crippen molar-refractivity contribution in [2.45, 2.75) is 25.9 Å². The molecule has 0 spiro atoms. The highest BCUT2D eigenvalue weighted by Gasteiger charge is 2.11. The molecular formula is C17H17FN2. The van der Waals surface area contributed by atoms with Crippen molar-refractivity contribution in [2.24, 2.45) is 0 Å². The molecule has 20 heavy (non-hydrogen) atoms. The number of nitriles is 1. The van der Waals surface area contributed by atoms with E-state index in [1.807, 2.05) is 25.1 Å². The van der Waals surface area contributed by atoms with Gasteiger partial charge in [0.1, 0.15) is 5.82 Å². The van der Waals surface area contributed by atoms with E-state index in [0.29, 0.717) is 5.56 Å². The fraction of sp³-hybridized carbons (Fsp3) is 0.235. The highest BCUT2D eigenvalue weighted by atomic mass is 19.1. The highest BCUT2D eigenvalue weighted by molar-refractivity contribution is 5.33. The van der Waals surface area contributed by atoms with Crippen molar-refractivity contribution in [2.75, 3.05) is 0 Å². The van der Waals surface area contributed by atoms with Crippen LogP contribution in [0, 0.1) is 17.1 Å². The first-order valence-electron chi connectivity index (χ1n) is 6.61. The third-order valence-electron chi connectivity index (χ3n) is 3.39. The van der Waals surface area contributed by atoms with Gasteiger partial charge in [0.25, 0.3) is 0 Å². The molecule has 2 rings (SSSR count). The van der Waals surface area contributed by atoms with E-state index in [-0.39, 0.29) is 17.9 Å². The quantitative estimate of drug-likeness (QED) is 0.905. The zero-order chi connectivity index (χ0) is 14.5. The molecule has 0 aliphatic heterocycles. The molecule has 0 amide bonds. The summed E-state index contributed by atoms with van der Waals surface area (Å²) in [5.74, 6) is -0.220. The molecule has 3 heteroatoms. The first-order valence-corrected chi connectivity index (χ1v) is 6.61. The molecule has 0 bridgehead atoms. The molecule has 0 saturated heterocycles. The van der Waals surface area contributed by atoms with Gasteiger partial charge in [-0.2, -0.15) is 5.26 Å². The van der Waals surface area contributed by atoms with Gasteiger partial charge in [0.2, 0.25) is 0 Å². The lowest BCUT2D eigenvalue weighted by molar-refractivity contribution is 0.492. The van der Waals surface area contributed by atoms with Crippen LogP contribution in [0.1, 0.15) is 42.6 Å². The molecule has 2 aromatic carbocycles. The summed E-state index contributed by atoms with van der Waals surface area (Å²) in [6, 6.07) is 16.4. The molecule has 1 N–H and O–H groups in total. The Morgan fingerprint density at radius 1 is 1.00 bits per heavy atom. The average Bonchev–Trinajstić information content (AvgIpc) is 2.47. The molecule has 0 aromatic heterocycles. The summed E-state index contributed by atoms with van der Waals surface area (Å²) in [6.07, 6.45) is 0. The SMILES string of the molecule is CC(N[C@@H](C)c1cccc(F)c1)c1ccc(C#N)cc1. The van der Waals surface area contributed by atoms with Crippen LogP contribution in [0.2, 0.25) is 0 Å². The van der Waals surface area contributed by atoms with Crippen molar-refractivity contribution in [3.05, 3.63) is 71.0 Å². The number of nitrogens with one attached hydrogen (secondary N) is 1. The van der Waals surface area contributed by atoms with Gasteiger partial charge < -0.3 is 5.32 Å². The minimum absolute atomic E-state index is 0.0522.